The molecule has 5 rings (SSSR count). The van der Waals surface area contributed by atoms with Crippen LogP contribution in [0, 0.1) is 0 Å². The molecule has 32 heavy (non-hydrogen) atoms. The number of hydrogen-bond donors (Lipinski definition) is 0. The van der Waals surface area contributed by atoms with Gasteiger partial charge in [0.05, 0.1) is 10.2 Å². The summed E-state index contributed by atoms with van der Waals surface area (Å²) >= 11 is 1.37. The van der Waals surface area contributed by atoms with Crippen LogP contribution < -0.4 is 19.8 Å². The van der Waals surface area contributed by atoms with Crippen LogP contribution in [-0.4, -0.2) is 24.4 Å². The van der Waals surface area contributed by atoms with Crippen molar-refractivity contribution in [3.8, 4) is 0 Å². The number of rotatable bonds is 4. The van der Waals surface area contributed by atoms with E-state index in [-0.39, 0.29) is 11.6 Å². The van der Waals surface area contributed by atoms with Gasteiger partial charge in [0.1, 0.15) is 6.04 Å². The van der Waals surface area contributed by atoms with Gasteiger partial charge in [-0.25, -0.2) is 0 Å². The van der Waals surface area contributed by atoms with Crippen LogP contribution >= 0.6 is 11.3 Å². The average Bonchev–Trinajstić information content (AvgIpc) is 3.15. The van der Waals surface area contributed by atoms with E-state index in [1.807, 2.05) is 110 Å². The molecule has 0 saturated heterocycles. The summed E-state index contributed by atoms with van der Waals surface area (Å²) in [5.74, 6) is 0. The van der Waals surface area contributed by atoms with Crippen molar-refractivity contribution in [2.24, 2.45) is 10.2 Å². The van der Waals surface area contributed by atoms with Gasteiger partial charge in [0.15, 0.2) is 0 Å². The fourth-order valence-corrected chi connectivity index (χ4v) is 4.79. The van der Waals surface area contributed by atoms with Crippen LogP contribution in [0.3, 0.4) is 0 Å². The van der Waals surface area contributed by atoms with E-state index >= 15 is 0 Å². The summed E-state index contributed by atoms with van der Waals surface area (Å²) in [4.78, 5) is 16.2. The van der Waals surface area contributed by atoms with E-state index in [4.69, 9.17) is 0 Å². The molecule has 1 aliphatic rings. The number of anilines is 1. The fourth-order valence-electron chi connectivity index (χ4n) is 3.84. The largest absolute Gasteiger partial charge is 0.378 e. The van der Waals surface area contributed by atoms with Crippen LogP contribution in [0.5, 0.6) is 0 Å². The number of aromatic nitrogens is 1. The molecule has 0 aliphatic carbocycles. The van der Waals surface area contributed by atoms with E-state index < -0.39 is 0 Å². The number of hydrogen-bond acceptors (Lipinski definition) is 5. The molecule has 1 aromatic heterocycles. The van der Waals surface area contributed by atoms with Crippen molar-refractivity contribution in [2.75, 3.05) is 19.0 Å². The first-order valence-corrected chi connectivity index (χ1v) is 11.2. The van der Waals surface area contributed by atoms with E-state index in [1.165, 1.54) is 11.3 Å². The average molecular weight is 439 g/mol. The maximum atomic E-state index is 13.6. The van der Waals surface area contributed by atoms with Crippen molar-refractivity contribution in [3.63, 3.8) is 0 Å². The summed E-state index contributed by atoms with van der Waals surface area (Å²) in [5.41, 5.74) is 4.78. The zero-order chi connectivity index (χ0) is 22.1. The Labute approximate surface area is 189 Å². The molecule has 1 unspecified atom stereocenters. The lowest BCUT2D eigenvalue weighted by atomic mass is 9.96. The van der Waals surface area contributed by atoms with Crippen molar-refractivity contribution >= 4 is 28.8 Å². The van der Waals surface area contributed by atoms with E-state index in [2.05, 4.69) is 10.2 Å². The minimum absolute atomic E-state index is 0.0531. The lowest BCUT2D eigenvalue weighted by Gasteiger charge is -2.22. The van der Waals surface area contributed by atoms with E-state index in [1.54, 1.807) is 4.57 Å². The van der Waals surface area contributed by atoms with Gasteiger partial charge in [-0.3, -0.25) is 9.36 Å². The zero-order valence-corrected chi connectivity index (χ0v) is 18.7. The van der Waals surface area contributed by atoms with Crippen molar-refractivity contribution in [1.29, 1.82) is 0 Å². The topological polar surface area (TPSA) is 50.0 Å². The Hall–Kier alpha value is -3.77. The summed E-state index contributed by atoms with van der Waals surface area (Å²) in [7, 11) is 4.02. The molecule has 2 heterocycles. The van der Waals surface area contributed by atoms with Crippen LogP contribution in [0.1, 0.15) is 22.7 Å². The van der Waals surface area contributed by atoms with Gasteiger partial charge in [-0.15, -0.1) is 10.2 Å². The molecule has 3 aromatic carbocycles. The molecule has 0 amide bonds. The summed E-state index contributed by atoms with van der Waals surface area (Å²) < 4.78 is 2.42. The maximum Gasteiger partial charge on any atom is 0.271 e. The normalized spacial score (nSPS) is 15.6. The van der Waals surface area contributed by atoms with Gasteiger partial charge in [-0.2, -0.15) is 0 Å². The summed E-state index contributed by atoms with van der Waals surface area (Å²) in [5, 5.41) is 8.99. The number of thiazole rings is 1. The van der Waals surface area contributed by atoms with Gasteiger partial charge in [-0.05, 0) is 29.3 Å². The third-order valence-corrected chi connectivity index (χ3v) is 6.46. The maximum absolute atomic E-state index is 13.6. The van der Waals surface area contributed by atoms with Gasteiger partial charge >= 0.3 is 0 Å². The van der Waals surface area contributed by atoms with Crippen LogP contribution in [0.25, 0.3) is 6.08 Å². The van der Waals surface area contributed by atoms with Crippen LogP contribution in [0.15, 0.2) is 99.9 Å². The number of nitrogens with zero attached hydrogens (tertiary/aromatic N) is 4. The zero-order valence-electron chi connectivity index (χ0n) is 17.8. The standard InChI is InChI=1S/C26H22N4OS/c1-29(2)21-15-13-18(14-16-21)17-22-25(31)30-24(20-11-7-4-8-12-20)23(27-28-26(30)32-22)19-9-5-3-6-10-19/h3-17,24H,1-2H3/b22-17-. The SMILES string of the molecule is CN(C)c1ccc(/C=c2\sc3n(c2=O)C(c2ccccc2)C(c2ccccc2)=NN=3)cc1. The third-order valence-electron chi connectivity index (χ3n) is 5.49. The minimum Gasteiger partial charge on any atom is -0.378 e. The molecule has 4 aromatic rings. The monoisotopic (exact) mass is 438 g/mol. The first-order valence-electron chi connectivity index (χ1n) is 10.4. The summed E-state index contributed by atoms with van der Waals surface area (Å²) in [6.45, 7) is 0. The van der Waals surface area contributed by atoms with Gasteiger partial charge in [-0.1, -0.05) is 84.1 Å². The smallest absolute Gasteiger partial charge is 0.271 e. The first-order chi connectivity index (χ1) is 15.6. The lowest BCUT2D eigenvalue weighted by molar-refractivity contribution is 0.657. The fraction of sp³-hybridized carbons (Fsp3) is 0.115. The minimum atomic E-state index is -0.326. The number of fused-ring (bicyclic) bond motifs is 1. The Bertz CT molecular complexity index is 1450. The predicted octanol–water partition coefficient (Wildman–Crippen LogP) is 3.43. The molecule has 0 spiro atoms. The molecule has 0 radical (unpaired) electrons. The van der Waals surface area contributed by atoms with Crippen molar-refractivity contribution < 1.29 is 0 Å². The molecule has 1 atom stereocenters. The molecule has 5 nitrogen and oxygen atoms in total. The Balaban J connectivity index is 1.66. The van der Waals surface area contributed by atoms with Gasteiger partial charge in [0.25, 0.3) is 5.56 Å². The second kappa shape index (κ2) is 8.40. The number of benzene rings is 3. The second-order valence-electron chi connectivity index (χ2n) is 7.82. The van der Waals surface area contributed by atoms with E-state index in [0.717, 1.165) is 28.1 Å². The quantitative estimate of drug-likeness (QED) is 0.490. The highest BCUT2D eigenvalue weighted by molar-refractivity contribution is 7.07. The molecule has 0 N–H and O–H groups in total. The summed E-state index contributed by atoms with van der Waals surface area (Å²) in [6.07, 6.45) is 1.93. The predicted molar refractivity (Wildman–Crippen MR) is 131 cm³/mol. The molecule has 6 heteroatoms. The van der Waals surface area contributed by atoms with Crippen LogP contribution in [-0.2, 0) is 0 Å². The molecule has 0 saturated carbocycles. The Kier molecular flexibility index (Phi) is 5.29. The van der Waals surface area contributed by atoms with Crippen molar-refractivity contribution in [1.82, 2.24) is 4.57 Å². The molecule has 0 fully saturated rings. The molecule has 1 aliphatic heterocycles. The molecule has 158 valence electrons. The van der Waals surface area contributed by atoms with E-state index in [0.29, 0.717) is 9.33 Å². The van der Waals surface area contributed by atoms with Gasteiger partial charge < -0.3 is 4.90 Å². The lowest BCUT2D eigenvalue weighted by Crippen LogP contribution is -2.40. The molecule has 0 bridgehead atoms. The van der Waals surface area contributed by atoms with Crippen molar-refractivity contribution in [2.45, 2.75) is 6.04 Å². The highest BCUT2D eigenvalue weighted by Gasteiger charge is 2.28. The molecular formula is C26H22N4OS. The van der Waals surface area contributed by atoms with Gasteiger partial charge in [0.2, 0.25) is 4.80 Å². The van der Waals surface area contributed by atoms with Crippen LogP contribution in [0.4, 0.5) is 5.69 Å². The molecular weight excluding hydrogens is 416 g/mol. The third kappa shape index (κ3) is 3.69. The Morgan fingerprint density at radius 3 is 2.19 bits per heavy atom. The van der Waals surface area contributed by atoms with Crippen molar-refractivity contribution in [3.05, 3.63) is 121 Å². The van der Waals surface area contributed by atoms with Crippen LogP contribution in [0.2, 0.25) is 0 Å². The Morgan fingerprint density at radius 2 is 1.53 bits per heavy atom. The Morgan fingerprint density at radius 1 is 0.875 bits per heavy atom. The highest BCUT2D eigenvalue weighted by Crippen LogP contribution is 2.24. The highest BCUT2D eigenvalue weighted by atomic mass is 32.1. The summed E-state index contributed by atoms with van der Waals surface area (Å²) in [6, 6.07) is 27.8. The first kappa shape index (κ1) is 20.2. The van der Waals surface area contributed by atoms with Gasteiger partial charge in [0, 0.05) is 25.3 Å². The van der Waals surface area contributed by atoms with E-state index in [9.17, 15) is 4.79 Å². The second-order valence-corrected chi connectivity index (χ2v) is 8.83.